The SMILES string of the molecule is CCCCCCCCCCOC(=O)CCCC(=O)Oc1ccc(SC)cc1. The van der Waals surface area contributed by atoms with Crippen molar-refractivity contribution >= 4 is 23.7 Å². The van der Waals surface area contributed by atoms with Gasteiger partial charge in [0.1, 0.15) is 5.75 Å². The van der Waals surface area contributed by atoms with Crippen molar-refractivity contribution in [3.63, 3.8) is 0 Å². The Bertz CT molecular complexity index is 528. The molecule has 1 rings (SSSR count). The summed E-state index contributed by atoms with van der Waals surface area (Å²) in [6, 6.07) is 7.38. The number of thioether (sulfide) groups is 1. The Hall–Kier alpha value is -1.49. The molecule has 0 aliphatic rings. The van der Waals surface area contributed by atoms with Gasteiger partial charge < -0.3 is 9.47 Å². The molecule has 1 aromatic carbocycles. The van der Waals surface area contributed by atoms with E-state index in [1.165, 1.54) is 38.5 Å². The molecule has 1 aromatic rings. The van der Waals surface area contributed by atoms with Gasteiger partial charge in [0.2, 0.25) is 0 Å². The normalized spacial score (nSPS) is 10.6. The van der Waals surface area contributed by atoms with E-state index in [-0.39, 0.29) is 24.8 Å². The van der Waals surface area contributed by atoms with Gasteiger partial charge in [0.05, 0.1) is 6.61 Å². The molecule has 0 aliphatic heterocycles. The molecule has 0 radical (unpaired) electrons. The van der Waals surface area contributed by atoms with Gasteiger partial charge in [0.15, 0.2) is 0 Å². The summed E-state index contributed by atoms with van der Waals surface area (Å²) in [6.07, 6.45) is 12.7. The van der Waals surface area contributed by atoms with E-state index in [1.54, 1.807) is 23.9 Å². The average Bonchev–Trinajstić information content (AvgIpc) is 2.67. The maximum atomic E-state index is 11.8. The van der Waals surface area contributed by atoms with Crippen LogP contribution in [-0.4, -0.2) is 24.8 Å². The van der Waals surface area contributed by atoms with Crippen molar-refractivity contribution < 1.29 is 19.1 Å². The van der Waals surface area contributed by atoms with Crippen molar-refractivity contribution in [1.29, 1.82) is 0 Å². The molecule has 0 bridgehead atoms. The molecule has 27 heavy (non-hydrogen) atoms. The fourth-order valence-electron chi connectivity index (χ4n) is 2.70. The van der Waals surface area contributed by atoms with Crippen LogP contribution in [0.5, 0.6) is 5.75 Å². The average molecular weight is 395 g/mol. The van der Waals surface area contributed by atoms with Crippen LogP contribution >= 0.6 is 11.8 Å². The molecule has 0 spiro atoms. The highest BCUT2D eigenvalue weighted by atomic mass is 32.2. The second-order valence-electron chi connectivity index (χ2n) is 6.70. The first-order valence-electron chi connectivity index (χ1n) is 10.2. The predicted molar refractivity (Wildman–Crippen MR) is 111 cm³/mol. The Kier molecular flexibility index (Phi) is 13.6. The molecule has 0 saturated heterocycles. The van der Waals surface area contributed by atoms with E-state index in [2.05, 4.69) is 6.92 Å². The molecule has 0 N–H and O–H groups in total. The Morgan fingerprint density at radius 2 is 1.41 bits per heavy atom. The smallest absolute Gasteiger partial charge is 0.311 e. The zero-order valence-electron chi connectivity index (χ0n) is 16.8. The summed E-state index contributed by atoms with van der Waals surface area (Å²) in [7, 11) is 0. The van der Waals surface area contributed by atoms with Gasteiger partial charge in [-0.05, 0) is 43.4 Å². The van der Waals surface area contributed by atoms with Gasteiger partial charge in [-0.25, -0.2) is 0 Å². The van der Waals surface area contributed by atoms with Crippen LogP contribution in [0.3, 0.4) is 0 Å². The summed E-state index contributed by atoms with van der Waals surface area (Å²) >= 11 is 1.64. The summed E-state index contributed by atoms with van der Waals surface area (Å²) in [5, 5.41) is 0. The van der Waals surface area contributed by atoms with Crippen molar-refractivity contribution in [2.24, 2.45) is 0 Å². The molecule has 0 heterocycles. The molecule has 152 valence electrons. The van der Waals surface area contributed by atoms with Gasteiger partial charge in [-0.15, -0.1) is 11.8 Å². The maximum Gasteiger partial charge on any atom is 0.311 e. The molecular weight excluding hydrogens is 360 g/mol. The largest absolute Gasteiger partial charge is 0.466 e. The van der Waals surface area contributed by atoms with Crippen LogP contribution in [-0.2, 0) is 14.3 Å². The minimum Gasteiger partial charge on any atom is -0.466 e. The van der Waals surface area contributed by atoms with Crippen molar-refractivity contribution in [2.45, 2.75) is 82.4 Å². The van der Waals surface area contributed by atoms with Crippen LogP contribution < -0.4 is 4.74 Å². The van der Waals surface area contributed by atoms with Crippen molar-refractivity contribution in [2.75, 3.05) is 12.9 Å². The fraction of sp³-hybridized carbons (Fsp3) is 0.636. The highest BCUT2D eigenvalue weighted by Crippen LogP contribution is 2.19. The van der Waals surface area contributed by atoms with Gasteiger partial charge in [-0.1, -0.05) is 51.9 Å². The Morgan fingerprint density at radius 1 is 0.815 bits per heavy atom. The molecule has 0 aromatic heterocycles. The summed E-state index contributed by atoms with van der Waals surface area (Å²) < 4.78 is 10.5. The first kappa shape index (κ1) is 23.5. The number of benzene rings is 1. The van der Waals surface area contributed by atoms with Gasteiger partial charge in [-0.3, -0.25) is 9.59 Å². The van der Waals surface area contributed by atoms with Crippen LogP contribution in [0.1, 0.15) is 77.6 Å². The molecule has 5 heteroatoms. The number of rotatable bonds is 15. The summed E-state index contributed by atoms with van der Waals surface area (Å²) in [5.74, 6) is -0.00656. The first-order chi connectivity index (χ1) is 13.2. The Morgan fingerprint density at radius 3 is 2.04 bits per heavy atom. The molecule has 0 aliphatic carbocycles. The third-order valence-corrected chi connectivity index (χ3v) is 5.06. The maximum absolute atomic E-state index is 11.8. The summed E-state index contributed by atoms with van der Waals surface area (Å²) in [6.45, 7) is 2.71. The predicted octanol–water partition coefficient (Wildman–Crippen LogP) is 6.17. The minimum absolute atomic E-state index is 0.219. The number of carbonyl (C=O) groups excluding carboxylic acids is 2. The van der Waals surface area contributed by atoms with Crippen LogP contribution in [0.15, 0.2) is 29.2 Å². The van der Waals surface area contributed by atoms with E-state index >= 15 is 0 Å². The molecule has 0 fully saturated rings. The quantitative estimate of drug-likeness (QED) is 0.154. The fourth-order valence-corrected chi connectivity index (χ4v) is 3.11. The van der Waals surface area contributed by atoms with Gasteiger partial charge >= 0.3 is 11.9 Å². The van der Waals surface area contributed by atoms with E-state index < -0.39 is 0 Å². The Labute approximate surface area is 168 Å². The number of unbranched alkanes of at least 4 members (excludes halogenated alkanes) is 7. The Balaban J connectivity index is 1.99. The third kappa shape index (κ3) is 12.5. The number of carbonyl (C=O) groups is 2. The van der Waals surface area contributed by atoms with Crippen LogP contribution in [0.4, 0.5) is 0 Å². The van der Waals surface area contributed by atoms with E-state index in [9.17, 15) is 9.59 Å². The first-order valence-corrected chi connectivity index (χ1v) is 11.4. The minimum atomic E-state index is -0.317. The van der Waals surface area contributed by atoms with Gasteiger partial charge in [0, 0.05) is 17.7 Å². The molecule has 4 nitrogen and oxygen atoms in total. The highest BCUT2D eigenvalue weighted by Gasteiger charge is 2.08. The lowest BCUT2D eigenvalue weighted by atomic mass is 10.1. The second kappa shape index (κ2) is 15.6. The number of hydrogen-bond donors (Lipinski definition) is 0. The molecule has 0 atom stereocenters. The number of hydrogen-bond acceptors (Lipinski definition) is 5. The van der Waals surface area contributed by atoms with Gasteiger partial charge in [-0.2, -0.15) is 0 Å². The lowest BCUT2D eigenvalue weighted by Gasteiger charge is -2.06. The van der Waals surface area contributed by atoms with Crippen LogP contribution in [0, 0.1) is 0 Å². The third-order valence-electron chi connectivity index (χ3n) is 4.31. The van der Waals surface area contributed by atoms with E-state index in [1.807, 2.05) is 18.4 Å². The zero-order valence-corrected chi connectivity index (χ0v) is 17.7. The standard InChI is InChI=1S/C22H34O4S/c1-3-4-5-6-7-8-9-10-18-25-21(23)12-11-13-22(24)26-19-14-16-20(27-2)17-15-19/h14-17H,3-13,18H2,1-2H3. The van der Waals surface area contributed by atoms with E-state index in [4.69, 9.17) is 9.47 Å². The van der Waals surface area contributed by atoms with Crippen LogP contribution in [0.2, 0.25) is 0 Å². The molecule has 0 unspecified atom stereocenters. The molecular formula is C22H34O4S. The number of esters is 2. The lowest BCUT2D eigenvalue weighted by Crippen LogP contribution is -2.10. The monoisotopic (exact) mass is 394 g/mol. The van der Waals surface area contributed by atoms with Crippen molar-refractivity contribution in [3.05, 3.63) is 24.3 Å². The van der Waals surface area contributed by atoms with E-state index in [0.29, 0.717) is 18.8 Å². The molecule has 0 saturated carbocycles. The topological polar surface area (TPSA) is 52.6 Å². The van der Waals surface area contributed by atoms with E-state index in [0.717, 1.165) is 17.7 Å². The summed E-state index contributed by atoms with van der Waals surface area (Å²) in [4.78, 5) is 24.6. The summed E-state index contributed by atoms with van der Waals surface area (Å²) in [5.41, 5.74) is 0. The van der Waals surface area contributed by atoms with Crippen molar-refractivity contribution in [1.82, 2.24) is 0 Å². The second-order valence-corrected chi connectivity index (χ2v) is 7.58. The highest BCUT2D eigenvalue weighted by molar-refractivity contribution is 7.98. The zero-order chi connectivity index (χ0) is 19.7. The molecule has 0 amide bonds. The van der Waals surface area contributed by atoms with Gasteiger partial charge in [0.25, 0.3) is 0 Å². The lowest BCUT2D eigenvalue weighted by molar-refractivity contribution is -0.144. The van der Waals surface area contributed by atoms with Crippen molar-refractivity contribution in [3.8, 4) is 5.75 Å². The number of ether oxygens (including phenoxy) is 2. The van der Waals surface area contributed by atoms with Crippen LogP contribution in [0.25, 0.3) is 0 Å².